The quantitative estimate of drug-likeness (QED) is 0.286. The molecule has 0 bridgehead atoms. The summed E-state index contributed by atoms with van der Waals surface area (Å²) in [6.45, 7) is 3.80. The van der Waals surface area contributed by atoms with Crippen LogP contribution in [0.3, 0.4) is 0 Å². The maximum absolute atomic E-state index is 8.36. The summed E-state index contributed by atoms with van der Waals surface area (Å²) in [5.41, 5.74) is 0. The molecule has 1 rings (SSSR count). The average molecular weight is 147 g/mol. The van der Waals surface area contributed by atoms with Gasteiger partial charge in [0, 0.05) is 26.2 Å². The van der Waals surface area contributed by atoms with Crippen molar-refractivity contribution in [3.63, 3.8) is 0 Å². The van der Waals surface area contributed by atoms with E-state index in [4.69, 9.17) is 15.7 Å². The molecule has 1 aliphatic heterocycles. The van der Waals surface area contributed by atoms with Crippen molar-refractivity contribution in [3.8, 4) is 0 Å². The second-order valence-corrected chi connectivity index (χ2v) is 1.89. The number of nitrogens with zero attached hydrogens (tertiary/aromatic N) is 1. The van der Waals surface area contributed by atoms with Gasteiger partial charge in [-0.05, 0) is 0 Å². The molecule has 5 nitrogen and oxygen atoms in total. The predicted molar refractivity (Wildman–Crippen MR) is 37.3 cm³/mol. The summed E-state index contributed by atoms with van der Waals surface area (Å²) >= 11 is 0. The molecule has 0 aromatic rings. The van der Waals surface area contributed by atoms with Crippen molar-refractivity contribution in [2.45, 2.75) is 0 Å². The van der Waals surface area contributed by atoms with Gasteiger partial charge in [-0.3, -0.25) is 10.6 Å². The Hall–Kier alpha value is -0.650. The highest BCUT2D eigenvalue weighted by molar-refractivity contribution is 5.32. The van der Waals surface area contributed by atoms with Crippen molar-refractivity contribution in [1.29, 1.82) is 0 Å². The van der Waals surface area contributed by atoms with Crippen LogP contribution in [-0.2, 0) is 4.79 Å². The SMILES string of the molecule is NN1CCNCC1.O=CO. The number of hydrogen-bond donors (Lipinski definition) is 3. The van der Waals surface area contributed by atoms with Crippen LogP contribution < -0.4 is 11.2 Å². The molecular formula is C5H13N3O2. The summed E-state index contributed by atoms with van der Waals surface area (Å²) < 4.78 is 0. The van der Waals surface area contributed by atoms with Gasteiger partial charge in [0.2, 0.25) is 0 Å². The zero-order valence-electron chi connectivity index (χ0n) is 5.79. The van der Waals surface area contributed by atoms with E-state index in [9.17, 15) is 0 Å². The largest absolute Gasteiger partial charge is 0.483 e. The van der Waals surface area contributed by atoms with Crippen LogP contribution in [0, 0.1) is 0 Å². The molecule has 4 N–H and O–H groups in total. The first-order valence-electron chi connectivity index (χ1n) is 3.09. The molecule has 0 aromatic heterocycles. The van der Waals surface area contributed by atoms with Crippen LogP contribution >= 0.6 is 0 Å². The van der Waals surface area contributed by atoms with Crippen LogP contribution in [0.1, 0.15) is 0 Å². The minimum atomic E-state index is -0.250. The van der Waals surface area contributed by atoms with E-state index in [1.165, 1.54) is 0 Å². The molecule has 0 radical (unpaired) electrons. The molecule has 1 saturated heterocycles. The Bertz CT molecular complexity index is 83.0. The monoisotopic (exact) mass is 147 g/mol. The van der Waals surface area contributed by atoms with Gasteiger partial charge in [-0.15, -0.1) is 0 Å². The first kappa shape index (κ1) is 9.35. The summed E-state index contributed by atoms with van der Waals surface area (Å²) in [6, 6.07) is 0. The van der Waals surface area contributed by atoms with Gasteiger partial charge in [0.05, 0.1) is 0 Å². The number of hydrazine groups is 1. The molecule has 0 atom stereocenters. The number of piperazine rings is 1. The van der Waals surface area contributed by atoms with Crippen molar-refractivity contribution in [1.82, 2.24) is 10.3 Å². The standard InChI is InChI=1S/C4H11N3.CH2O2/c5-7-3-1-6-2-4-7;2-1-3/h6H,1-5H2;1H,(H,2,3). The van der Waals surface area contributed by atoms with Gasteiger partial charge in [0.15, 0.2) is 0 Å². The number of hydrogen-bond acceptors (Lipinski definition) is 4. The smallest absolute Gasteiger partial charge is 0.290 e. The summed E-state index contributed by atoms with van der Waals surface area (Å²) in [5, 5.41) is 11.9. The van der Waals surface area contributed by atoms with Gasteiger partial charge in [0.25, 0.3) is 6.47 Å². The summed E-state index contributed by atoms with van der Waals surface area (Å²) in [6.07, 6.45) is 0. The highest BCUT2D eigenvalue weighted by atomic mass is 16.3. The van der Waals surface area contributed by atoms with Crippen LogP contribution in [0.5, 0.6) is 0 Å². The lowest BCUT2D eigenvalue weighted by Crippen LogP contribution is -2.47. The number of carboxylic acid groups (broad SMARTS) is 1. The Morgan fingerprint density at radius 1 is 1.50 bits per heavy atom. The number of nitrogens with one attached hydrogen (secondary N) is 1. The Morgan fingerprint density at radius 2 is 1.90 bits per heavy atom. The minimum Gasteiger partial charge on any atom is -0.483 e. The van der Waals surface area contributed by atoms with E-state index in [0.717, 1.165) is 26.2 Å². The zero-order valence-corrected chi connectivity index (χ0v) is 5.79. The molecule has 5 heteroatoms. The fourth-order valence-electron chi connectivity index (χ4n) is 0.682. The lowest BCUT2D eigenvalue weighted by molar-refractivity contribution is -0.122. The van der Waals surface area contributed by atoms with Crippen molar-refractivity contribution in [2.24, 2.45) is 5.84 Å². The molecule has 60 valence electrons. The first-order chi connectivity index (χ1) is 4.81. The third-order valence-corrected chi connectivity index (χ3v) is 1.15. The van der Waals surface area contributed by atoms with Crippen LogP contribution in [0.15, 0.2) is 0 Å². The number of rotatable bonds is 0. The number of carbonyl (C=O) groups is 1. The van der Waals surface area contributed by atoms with Gasteiger partial charge in [-0.2, -0.15) is 0 Å². The molecule has 0 amide bonds. The maximum atomic E-state index is 8.36. The van der Waals surface area contributed by atoms with E-state index in [0.29, 0.717) is 0 Å². The third-order valence-electron chi connectivity index (χ3n) is 1.15. The molecule has 1 aliphatic rings. The topological polar surface area (TPSA) is 78.6 Å². The Morgan fingerprint density at radius 3 is 2.10 bits per heavy atom. The molecular weight excluding hydrogens is 134 g/mol. The van der Waals surface area contributed by atoms with E-state index < -0.39 is 0 Å². The molecule has 0 spiro atoms. The minimum absolute atomic E-state index is 0.250. The van der Waals surface area contributed by atoms with E-state index in [1.807, 2.05) is 5.01 Å². The molecule has 1 heterocycles. The van der Waals surface area contributed by atoms with Crippen molar-refractivity contribution in [3.05, 3.63) is 0 Å². The maximum Gasteiger partial charge on any atom is 0.290 e. The zero-order chi connectivity index (χ0) is 7.82. The van der Waals surface area contributed by atoms with E-state index in [2.05, 4.69) is 5.32 Å². The predicted octanol–water partition coefficient (Wildman–Crippen LogP) is -1.53. The van der Waals surface area contributed by atoms with E-state index >= 15 is 0 Å². The van der Waals surface area contributed by atoms with Crippen molar-refractivity contribution < 1.29 is 9.90 Å². The van der Waals surface area contributed by atoms with Crippen LogP contribution in [0.2, 0.25) is 0 Å². The Kier molecular flexibility index (Phi) is 6.05. The van der Waals surface area contributed by atoms with Crippen LogP contribution in [-0.4, -0.2) is 42.8 Å². The highest BCUT2D eigenvalue weighted by Gasteiger charge is 2.01. The number of nitrogens with two attached hydrogens (primary N) is 1. The average Bonchev–Trinajstić information content (AvgIpc) is 1.91. The molecule has 0 unspecified atom stereocenters. The molecule has 0 saturated carbocycles. The van der Waals surface area contributed by atoms with Gasteiger partial charge >= 0.3 is 0 Å². The van der Waals surface area contributed by atoms with E-state index in [1.54, 1.807) is 0 Å². The van der Waals surface area contributed by atoms with Gasteiger partial charge < -0.3 is 10.4 Å². The first-order valence-corrected chi connectivity index (χ1v) is 3.09. The van der Waals surface area contributed by atoms with Gasteiger partial charge in [0.1, 0.15) is 0 Å². The van der Waals surface area contributed by atoms with Crippen LogP contribution in [0.4, 0.5) is 0 Å². The second kappa shape index (κ2) is 6.47. The molecule has 1 fully saturated rings. The summed E-state index contributed by atoms with van der Waals surface area (Å²) in [7, 11) is 0. The van der Waals surface area contributed by atoms with E-state index in [-0.39, 0.29) is 6.47 Å². The normalized spacial score (nSPS) is 18.9. The third kappa shape index (κ3) is 5.49. The highest BCUT2D eigenvalue weighted by Crippen LogP contribution is 1.79. The fourth-order valence-corrected chi connectivity index (χ4v) is 0.682. The van der Waals surface area contributed by atoms with Gasteiger partial charge in [-0.25, -0.2) is 5.01 Å². The van der Waals surface area contributed by atoms with Crippen LogP contribution in [0.25, 0.3) is 0 Å². The Balaban J connectivity index is 0.000000236. The fraction of sp³-hybridized carbons (Fsp3) is 0.800. The lowest BCUT2D eigenvalue weighted by Gasteiger charge is -2.21. The second-order valence-electron chi connectivity index (χ2n) is 1.89. The Labute approximate surface area is 59.8 Å². The van der Waals surface area contributed by atoms with Crippen molar-refractivity contribution in [2.75, 3.05) is 26.2 Å². The lowest BCUT2D eigenvalue weighted by atomic mass is 10.4. The molecule has 0 aromatic carbocycles. The van der Waals surface area contributed by atoms with Crippen molar-refractivity contribution >= 4 is 6.47 Å². The summed E-state index contributed by atoms with van der Waals surface area (Å²) in [4.78, 5) is 8.36. The summed E-state index contributed by atoms with van der Waals surface area (Å²) in [5.74, 6) is 5.43. The van der Waals surface area contributed by atoms with Gasteiger partial charge in [-0.1, -0.05) is 0 Å². The molecule has 0 aliphatic carbocycles. The molecule has 10 heavy (non-hydrogen) atoms.